The van der Waals surface area contributed by atoms with Crippen LogP contribution in [0, 0.1) is 0 Å². The highest BCUT2D eigenvalue weighted by molar-refractivity contribution is 7.99. The molecule has 26 heavy (non-hydrogen) atoms. The second-order valence-electron chi connectivity index (χ2n) is 5.16. The molecule has 2 aromatic carbocycles. The molecule has 0 saturated carbocycles. The lowest BCUT2D eigenvalue weighted by Crippen LogP contribution is -2.20. The Labute approximate surface area is 158 Å². The number of alkyl halides is 2. The number of rotatable bonds is 8. The average molecular weight is 400 g/mol. The van der Waals surface area contributed by atoms with Gasteiger partial charge in [0.15, 0.2) is 12.4 Å². The molecular formula is C18H16ClF2NO3S. The molecule has 2 aromatic rings. The summed E-state index contributed by atoms with van der Waals surface area (Å²) in [5.41, 5.74) is 0.777. The summed E-state index contributed by atoms with van der Waals surface area (Å²) in [7, 11) is 0. The van der Waals surface area contributed by atoms with Gasteiger partial charge in [0.25, 0.3) is 11.7 Å². The third kappa shape index (κ3) is 6.00. The van der Waals surface area contributed by atoms with Gasteiger partial charge in [-0.1, -0.05) is 30.3 Å². The van der Waals surface area contributed by atoms with E-state index in [1.54, 1.807) is 13.0 Å². The smallest absolute Gasteiger partial charge is 0.288 e. The fourth-order valence-corrected chi connectivity index (χ4v) is 2.77. The summed E-state index contributed by atoms with van der Waals surface area (Å²) in [5, 5.41) is 3.00. The van der Waals surface area contributed by atoms with Crippen LogP contribution < -0.4 is 10.1 Å². The second kappa shape index (κ2) is 9.54. The van der Waals surface area contributed by atoms with Crippen molar-refractivity contribution in [3.63, 3.8) is 0 Å². The molecule has 2 rings (SSSR count). The van der Waals surface area contributed by atoms with Crippen LogP contribution in [0.4, 0.5) is 14.5 Å². The molecule has 0 aromatic heterocycles. The number of halogens is 3. The van der Waals surface area contributed by atoms with Gasteiger partial charge in [0.1, 0.15) is 5.75 Å². The van der Waals surface area contributed by atoms with Crippen molar-refractivity contribution in [2.24, 2.45) is 0 Å². The van der Waals surface area contributed by atoms with E-state index in [1.165, 1.54) is 36.4 Å². The van der Waals surface area contributed by atoms with Crippen molar-refractivity contribution in [2.75, 3.05) is 11.9 Å². The summed E-state index contributed by atoms with van der Waals surface area (Å²) in [4.78, 5) is 24.3. The molecule has 0 bridgehead atoms. The molecule has 0 aliphatic heterocycles. The van der Waals surface area contributed by atoms with Crippen molar-refractivity contribution >= 4 is 40.7 Å². The Morgan fingerprint density at radius 1 is 1.19 bits per heavy atom. The van der Waals surface area contributed by atoms with Crippen molar-refractivity contribution < 1.29 is 23.1 Å². The Kier molecular flexibility index (Phi) is 7.41. The number of hydrogen-bond acceptors (Lipinski definition) is 4. The normalized spacial score (nSPS) is 10.7. The van der Waals surface area contributed by atoms with Crippen molar-refractivity contribution in [1.29, 1.82) is 0 Å². The lowest BCUT2D eigenvalue weighted by Gasteiger charge is -2.11. The molecule has 0 spiro atoms. The van der Waals surface area contributed by atoms with Crippen LogP contribution in [0.1, 0.15) is 23.7 Å². The predicted molar refractivity (Wildman–Crippen MR) is 98.5 cm³/mol. The van der Waals surface area contributed by atoms with Crippen LogP contribution in [-0.2, 0) is 4.79 Å². The molecule has 0 heterocycles. The molecule has 0 radical (unpaired) electrons. The van der Waals surface area contributed by atoms with Crippen LogP contribution >= 0.6 is 23.4 Å². The molecule has 0 saturated heterocycles. The molecule has 4 nitrogen and oxygen atoms in total. The minimum absolute atomic E-state index is 0.143. The topological polar surface area (TPSA) is 55.4 Å². The Morgan fingerprint density at radius 3 is 2.50 bits per heavy atom. The first-order valence-electron chi connectivity index (χ1n) is 7.69. The largest absolute Gasteiger partial charge is 0.483 e. The number of Topliss-reactive ketones (excluding diaryl/α,β-unsaturated/α-hetero) is 1. The van der Waals surface area contributed by atoms with Crippen molar-refractivity contribution in [3.05, 3.63) is 53.1 Å². The molecule has 138 valence electrons. The standard InChI is InChI=1S/C18H16ClF2NO3S/c1-2-15(23)14-9-11(19)3-8-16(14)25-10-17(24)22-12-4-6-13(7-5-12)26-18(20)21/h3-9,18H,2,10H2,1H3,(H,22,24). The van der Waals surface area contributed by atoms with Gasteiger partial charge in [-0.15, -0.1) is 0 Å². The van der Waals surface area contributed by atoms with Gasteiger partial charge in [-0.3, -0.25) is 9.59 Å². The van der Waals surface area contributed by atoms with E-state index in [0.29, 0.717) is 32.9 Å². The van der Waals surface area contributed by atoms with Gasteiger partial charge in [-0.05, 0) is 42.5 Å². The van der Waals surface area contributed by atoms with Crippen LogP contribution in [-0.4, -0.2) is 24.1 Å². The van der Waals surface area contributed by atoms with E-state index in [4.69, 9.17) is 16.3 Å². The zero-order chi connectivity index (χ0) is 19.1. The molecule has 0 aliphatic carbocycles. The minimum Gasteiger partial charge on any atom is -0.483 e. The van der Waals surface area contributed by atoms with E-state index in [9.17, 15) is 18.4 Å². The van der Waals surface area contributed by atoms with Gasteiger partial charge in [0, 0.05) is 22.0 Å². The zero-order valence-corrected chi connectivity index (χ0v) is 15.4. The first-order chi connectivity index (χ1) is 12.4. The summed E-state index contributed by atoms with van der Waals surface area (Å²) in [6, 6.07) is 10.6. The molecule has 1 amide bonds. The van der Waals surface area contributed by atoms with Gasteiger partial charge in [-0.2, -0.15) is 8.78 Å². The maximum Gasteiger partial charge on any atom is 0.288 e. The Hall–Kier alpha value is -2.12. The third-order valence-electron chi connectivity index (χ3n) is 3.29. The van der Waals surface area contributed by atoms with Gasteiger partial charge in [0.05, 0.1) is 5.56 Å². The molecule has 0 unspecified atom stereocenters. The number of carbonyl (C=O) groups is 2. The number of benzene rings is 2. The molecule has 0 atom stereocenters. The lowest BCUT2D eigenvalue weighted by atomic mass is 10.1. The summed E-state index contributed by atoms with van der Waals surface area (Å²) < 4.78 is 30.0. The molecular weight excluding hydrogens is 384 g/mol. The summed E-state index contributed by atoms with van der Waals surface area (Å²) in [6.07, 6.45) is 0.284. The van der Waals surface area contributed by atoms with Crippen LogP contribution in [0.15, 0.2) is 47.4 Å². The van der Waals surface area contributed by atoms with E-state index >= 15 is 0 Å². The van der Waals surface area contributed by atoms with Crippen LogP contribution in [0.2, 0.25) is 5.02 Å². The van der Waals surface area contributed by atoms with Crippen molar-refractivity contribution in [1.82, 2.24) is 0 Å². The van der Waals surface area contributed by atoms with Gasteiger partial charge < -0.3 is 10.1 Å². The number of ether oxygens (including phenoxy) is 1. The Morgan fingerprint density at radius 2 is 1.88 bits per heavy atom. The summed E-state index contributed by atoms with van der Waals surface area (Å²) in [6.45, 7) is 1.41. The van der Waals surface area contributed by atoms with Crippen LogP contribution in [0.5, 0.6) is 5.75 Å². The minimum atomic E-state index is -2.50. The number of carbonyl (C=O) groups excluding carboxylic acids is 2. The Balaban J connectivity index is 1.96. The third-order valence-corrected chi connectivity index (χ3v) is 4.24. The van der Waals surface area contributed by atoms with Gasteiger partial charge in [-0.25, -0.2) is 0 Å². The number of ketones is 1. The molecule has 0 aliphatic rings. The molecule has 0 fully saturated rings. The summed E-state index contributed by atoms with van der Waals surface area (Å²) >= 11 is 6.32. The number of amides is 1. The number of nitrogens with one attached hydrogen (secondary N) is 1. The number of hydrogen-bond donors (Lipinski definition) is 1. The van der Waals surface area contributed by atoms with Crippen LogP contribution in [0.25, 0.3) is 0 Å². The maximum atomic E-state index is 12.3. The van der Waals surface area contributed by atoms with Crippen molar-refractivity contribution in [2.45, 2.75) is 24.0 Å². The zero-order valence-electron chi connectivity index (χ0n) is 13.8. The van der Waals surface area contributed by atoms with E-state index < -0.39 is 11.7 Å². The quantitative estimate of drug-likeness (QED) is 0.485. The van der Waals surface area contributed by atoms with Crippen molar-refractivity contribution in [3.8, 4) is 5.75 Å². The first kappa shape index (κ1) is 20.2. The SMILES string of the molecule is CCC(=O)c1cc(Cl)ccc1OCC(=O)Nc1ccc(SC(F)F)cc1. The highest BCUT2D eigenvalue weighted by atomic mass is 35.5. The average Bonchev–Trinajstić information content (AvgIpc) is 2.61. The van der Waals surface area contributed by atoms with E-state index in [1.807, 2.05) is 0 Å². The first-order valence-corrected chi connectivity index (χ1v) is 8.95. The highest BCUT2D eigenvalue weighted by Crippen LogP contribution is 2.26. The lowest BCUT2D eigenvalue weighted by molar-refractivity contribution is -0.118. The fourth-order valence-electron chi connectivity index (χ4n) is 2.10. The fraction of sp³-hybridized carbons (Fsp3) is 0.222. The molecule has 8 heteroatoms. The highest BCUT2D eigenvalue weighted by Gasteiger charge is 2.13. The van der Waals surface area contributed by atoms with Crippen LogP contribution in [0.3, 0.4) is 0 Å². The maximum absolute atomic E-state index is 12.3. The van der Waals surface area contributed by atoms with E-state index in [-0.39, 0.29) is 24.6 Å². The Bertz CT molecular complexity index is 785. The second-order valence-corrected chi connectivity index (χ2v) is 6.66. The van der Waals surface area contributed by atoms with Gasteiger partial charge >= 0.3 is 0 Å². The van der Waals surface area contributed by atoms with Gasteiger partial charge in [0.2, 0.25) is 0 Å². The monoisotopic (exact) mass is 399 g/mol. The van der Waals surface area contributed by atoms with E-state index in [0.717, 1.165) is 0 Å². The van der Waals surface area contributed by atoms with E-state index in [2.05, 4.69) is 5.32 Å². The molecule has 1 N–H and O–H groups in total. The summed E-state index contributed by atoms with van der Waals surface area (Å²) in [5.74, 6) is -2.80. The number of thioether (sulfide) groups is 1. The number of anilines is 1. The predicted octanol–water partition coefficient (Wildman–Crippen LogP) is 5.26.